The number of nitrogens with zero attached hydrogens (tertiary/aromatic N) is 1. The molecule has 0 saturated carbocycles. The Kier molecular flexibility index (Phi) is 4.86. The number of anilines is 1. The van der Waals surface area contributed by atoms with E-state index in [1.54, 1.807) is 0 Å². The summed E-state index contributed by atoms with van der Waals surface area (Å²) in [6.45, 7) is 13.7. The number of aryl methyl sites for hydroxylation is 3. The van der Waals surface area contributed by atoms with Gasteiger partial charge in [-0.2, -0.15) is 0 Å². The summed E-state index contributed by atoms with van der Waals surface area (Å²) in [5.41, 5.74) is 10.7. The number of hydrogen-bond acceptors (Lipinski definition) is 1. The molecule has 0 spiro atoms. The van der Waals surface area contributed by atoms with E-state index in [0.29, 0.717) is 0 Å². The molecule has 148 valence electrons. The quantitative estimate of drug-likeness (QED) is 0.463. The zero-order valence-electron chi connectivity index (χ0n) is 18.5. The van der Waals surface area contributed by atoms with Crippen LogP contribution in [0.2, 0.25) is 0 Å². The van der Waals surface area contributed by atoms with E-state index in [9.17, 15) is 0 Å². The van der Waals surface area contributed by atoms with Gasteiger partial charge in [0.2, 0.25) is 0 Å². The lowest BCUT2D eigenvalue weighted by molar-refractivity contribution is 0.580. The Balaban J connectivity index is 2.00. The number of benzene rings is 3. The molecule has 1 nitrogen and oxygen atoms in total. The zero-order valence-corrected chi connectivity index (χ0v) is 18.5. The van der Waals surface area contributed by atoms with Crippen LogP contribution in [-0.4, -0.2) is 11.6 Å². The molecule has 1 aliphatic rings. The summed E-state index contributed by atoms with van der Waals surface area (Å²) in [6.07, 6.45) is 0. The Morgan fingerprint density at radius 2 is 1.31 bits per heavy atom. The van der Waals surface area contributed by atoms with Crippen molar-refractivity contribution >= 4 is 16.8 Å². The van der Waals surface area contributed by atoms with Gasteiger partial charge >= 0.3 is 0 Å². The van der Waals surface area contributed by atoms with Crippen molar-refractivity contribution < 1.29 is 0 Å². The molecule has 29 heavy (non-hydrogen) atoms. The maximum atomic E-state index is 2.61. The van der Waals surface area contributed by atoms with Crippen LogP contribution in [0.25, 0.3) is 11.1 Å². The van der Waals surface area contributed by atoms with Crippen LogP contribution in [-0.2, 0) is 0 Å². The SMILES string of the molecule is Cc1cc(C)cc(C2=C(c3ccccc3)C(C)(C)N(c3ccccc3C)C2C)c1. The topological polar surface area (TPSA) is 3.24 Å². The molecule has 0 aliphatic carbocycles. The second-order valence-electron chi connectivity index (χ2n) is 8.92. The monoisotopic (exact) mass is 381 g/mol. The van der Waals surface area contributed by atoms with Crippen molar-refractivity contribution in [2.75, 3.05) is 4.90 Å². The first-order valence-electron chi connectivity index (χ1n) is 10.5. The van der Waals surface area contributed by atoms with Gasteiger partial charge in [-0.3, -0.25) is 0 Å². The lowest BCUT2D eigenvalue weighted by atomic mass is 9.84. The minimum absolute atomic E-state index is 0.125. The first kappa shape index (κ1) is 19.5. The van der Waals surface area contributed by atoms with Crippen molar-refractivity contribution in [2.24, 2.45) is 0 Å². The predicted octanol–water partition coefficient (Wildman–Crippen LogP) is 7.21. The molecular weight excluding hydrogens is 350 g/mol. The molecule has 3 aromatic rings. The molecule has 3 aromatic carbocycles. The van der Waals surface area contributed by atoms with Gasteiger partial charge in [0.1, 0.15) is 0 Å². The molecule has 0 saturated heterocycles. The van der Waals surface area contributed by atoms with Crippen molar-refractivity contribution in [1.29, 1.82) is 0 Å². The van der Waals surface area contributed by atoms with Gasteiger partial charge < -0.3 is 4.90 Å². The molecule has 0 radical (unpaired) electrons. The molecule has 0 aromatic heterocycles. The van der Waals surface area contributed by atoms with E-state index in [1.807, 2.05) is 0 Å². The zero-order chi connectivity index (χ0) is 20.8. The van der Waals surface area contributed by atoms with Crippen molar-refractivity contribution in [3.63, 3.8) is 0 Å². The molecule has 1 aliphatic heterocycles. The highest BCUT2D eigenvalue weighted by atomic mass is 15.2. The van der Waals surface area contributed by atoms with Crippen molar-refractivity contribution in [3.05, 3.63) is 101 Å². The highest BCUT2D eigenvalue weighted by molar-refractivity contribution is 6.03. The highest BCUT2D eigenvalue weighted by Crippen LogP contribution is 2.50. The largest absolute Gasteiger partial charge is 0.355 e. The van der Waals surface area contributed by atoms with Gasteiger partial charge in [0.05, 0.1) is 11.6 Å². The maximum Gasteiger partial charge on any atom is 0.0613 e. The molecule has 0 N–H and O–H groups in total. The normalized spacial score (nSPS) is 18.4. The standard InChI is InChI=1S/C28H31N/c1-19-16-20(2)18-24(17-19)26-22(4)29(25-15-11-10-12-21(25)3)28(5,6)27(26)23-13-8-7-9-14-23/h7-18,22H,1-6H3. The van der Waals surface area contributed by atoms with Crippen LogP contribution in [0.15, 0.2) is 72.8 Å². The fourth-order valence-corrected chi connectivity index (χ4v) is 5.24. The van der Waals surface area contributed by atoms with Crippen molar-refractivity contribution in [2.45, 2.75) is 53.1 Å². The van der Waals surface area contributed by atoms with Crippen molar-refractivity contribution in [3.8, 4) is 0 Å². The minimum atomic E-state index is -0.125. The van der Waals surface area contributed by atoms with Crippen molar-refractivity contribution in [1.82, 2.24) is 0 Å². The first-order chi connectivity index (χ1) is 13.8. The van der Waals surface area contributed by atoms with Crippen LogP contribution in [0, 0.1) is 20.8 Å². The molecular formula is C28H31N. The van der Waals surface area contributed by atoms with Gasteiger partial charge in [-0.15, -0.1) is 0 Å². The van der Waals surface area contributed by atoms with E-state index >= 15 is 0 Å². The number of hydrogen-bond donors (Lipinski definition) is 0. The average molecular weight is 382 g/mol. The average Bonchev–Trinajstić information content (AvgIpc) is 2.88. The van der Waals surface area contributed by atoms with Crippen LogP contribution in [0.5, 0.6) is 0 Å². The molecule has 1 atom stereocenters. The maximum absolute atomic E-state index is 2.61. The van der Waals surface area contributed by atoms with Gasteiger partial charge in [-0.1, -0.05) is 77.9 Å². The third kappa shape index (κ3) is 3.29. The molecule has 0 amide bonds. The van der Waals surface area contributed by atoms with E-state index in [0.717, 1.165) is 0 Å². The highest BCUT2D eigenvalue weighted by Gasteiger charge is 2.45. The molecule has 1 heteroatoms. The molecule has 1 unspecified atom stereocenters. The Morgan fingerprint density at radius 1 is 0.724 bits per heavy atom. The van der Waals surface area contributed by atoms with E-state index < -0.39 is 0 Å². The van der Waals surface area contributed by atoms with E-state index in [2.05, 4.69) is 119 Å². The summed E-state index contributed by atoms with van der Waals surface area (Å²) in [5.74, 6) is 0. The summed E-state index contributed by atoms with van der Waals surface area (Å²) >= 11 is 0. The van der Waals surface area contributed by atoms with E-state index in [1.165, 1.54) is 44.7 Å². The van der Waals surface area contributed by atoms with Gasteiger partial charge in [0.25, 0.3) is 0 Å². The molecule has 1 heterocycles. The Hall–Kier alpha value is -2.80. The van der Waals surface area contributed by atoms with Crippen LogP contribution in [0.1, 0.15) is 48.6 Å². The molecule has 0 fully saturated rings. The fourth-order valence-electron chi connectivity index (χ4n) is 5.24. The minimum Gasteiger partial charge on any atom is -0.355 e. The van der Waals surface area contributed by atoms with Gasteiger partial charge in [-0.05, 0) is 75.4 Å². The van der Waals surface area contributed by atoms with E-state index in [4.69, 9.17) is 0 Å². The van der Waals surface area contributed by atoms with Crippen LogP contribution in [0.4, 0.5) is 5.69 Å². The van der Waals surface area contributed by atoms with Crippen LogP contribution in [0.3, 0.4) is 0 Å². The van der Waals surface area contributed by atoms with Crippen LogP contribution < -0.4 is 4.90 Å². The number of para-hydroxylation sites is 1. The fraction of sp³-hybridized carbons (Fsp3) is 0.286. The summed E-state index contributed by atoms with van der Waals surface area (Å²) in [7, 11) is 0. The second-order valence-corrected chi connectivity index (χ2v) is 8.92. The first-order valence-corrected chi connectivity index (χ1v) is 10.5. The molecule has 4 rings (SSSR count). The Morgan fingerprint density at radius 3 is 1.93 bits per heavy atom. The van der Waals surface area contributed by atoms with E-state index in [-0.39, 0.29) is 11.6 Å². The third-order valence-electron chi connectivity index (χ3n) is 6.26. The van der Waals surface area contributed by atoms with Gasteiger partial charge in [0, 0.05) is 5.69 Å². The van der Waals surface area contributed by atoms with Gasteiger partial charge in [0.15, 0.2) is 0 Å². The predicted molar refractivity (Wildman–Crippen MR) is 126 cm³/mol. The lowest BCUT2D eigenvalue weighted by Crippen LogP contribution is -2.45. The summed E-state index contributed by atoms with van der Waals surface area (Å²) < 4.78 is 0. The summed E-state index contributed by atoms with van der Waals surface area (Å²) in [6, 6.07) is 26.9. The smallest absolute Gasteiger partial charge is 0.0613 e. The summed E-state index contributed by atoms with van der Waals surface area (Å²) in [4.78, 5) is 2.61. The second kappa shape index (κ2) is 7.22. The van der Waals surface area contributed by atoms with Crippen LogP contribution >= 0.6 is 0 Å². The number of rotatable bonds is 3. The third-order valence-corrected chi connectivity index (χ3v) is 6.26. The van der Waals surface area contributed by atoms with Gasteiger partial charge in [-0.25, -0.2) is 0 Å². The lowest BCUT2D eigenvalue weighted by Gasteiger charge is -2.40. The molecule has 0 bridgehead atoms. The Labute approximate surface area is 175 Å². The Bertz CT molecular complexity index is 1050. The summed E-state index contributed by atoms with van der Waals surface area (Å²) in [5, 5.41) is 0.